The molecule has 0 unspecified atom stereocenters. The smallest absolute Gasteiger partial charge is 0.271 e. The van der Waals surface area contributed by atoms with Crippen LogP contribution in [-0.4, -0.2) is 14.3 Å². The molecule has 1 fully saturated rings. The third-order valence-corrected chi connectivity index (χ3v) is 8.12. The van der Waals surface area contributed by atoms with Gasteiger partial charge in [-0.05, 0) is 60.2 Å². The van der Waals surface area contributed by atoms with Crippen LogP contribution in [-0.2, 0) is 15.6 Å². The van der Waals surface area contributed by atoms with Gasteiger partial charge in [-0.25, -0.2) is 12.8 Å². The van der Waals surface area contributed by atoms with Crippen molar-refractivity contribution in [3.8, 4) is 0 Å². The SMILES string of the molecule is O=C(NC1(c2ccc(F)cc2)CCCC1)c1cccc(NS(=O)(=O)c2cccs2)c1. The number of carbonyl (C=O) groups is 1. The maximum atomic E-state index is 13.4. The summed E-state index contributed by atoms with van der Waals surface area (Å²) in [5.74, 6) is -0.609. The number of halogens is 1. The number of hydrogen-bond acceptors (Lipinski definition) is 4. The number of rotatable bonds is 6. The molecule has 2 aromatic carbocycles. The van der Waals surface area contributed by atoms with E-state index in [-0.39, 0.29) is 15.9 Å². The Labute approximate surface area is 179 Å². The molecule has 0 spiro atoms. The molecule has 1 amide bonds. The monoisotopic (exact) mass is 444 g/mol. The Bertz CT molecular complexity index is 1140. The van der Waals surface area contributed by atoms with Gasteiger partial charge in [0.15, 0.2) is 0 Å². The molecule has 3 aromatic rings. The highest BCUT2D eigenvalue weighted by molar-refractivity contribution is 7.94. The van der Waals surface area contributed by atoms with Gasteiger partial charge in [0.05, 0.1) is 5.54 Å². The normalized spacial score (nSPS) is 15.6. The number of amides is 1. The van der Waals surface area contributed by atoms with E-state index in [1.807, 2.05) is 0 Å². The summed E-state index contributed by atoms with van der Waals surface area (Å²) in [7, 11) is -3.69. The number of carbonyl (C=O) groups excluding carboxylic acids is 1. The van der Waals surface area contributed by atoms with Crippen LogP contribution in [0.15, 0.2) is 70.3 Å². The summed E-state index contributed by atoms with van der Waals surface area (Å²) in [5, 5.41) is 4.81. The summed E-state index contributed by atoms with van der Waals surface area (Å²) < 4.78 is 41.0. The standard InChI is InChI=1S/C22H21FN2O3S2/c23-18-10-8-17(9-11-18)22(12-1-2-13-22)24-21(26)16-5-3-6-19(15-16)25-30(27,28)20-7-4-14-29-20/h3-11,14-15,25H,1-2,12-13H2,(H,24,26). The maximum Gasteiger partial charge on any atom is 0.271 e. The number of nitrogens with one attached hydrogen (secondary N) is 2. The van der Waals surface area contributed by atoms with Gasteiger partial charge in [0.1, 0.15) is 10.0 Å². The molecule has 2 N–H and O–H groups in total. The van der Waals surface area contributed by atoms with Crippen molar-refractivity contribution in [2.45, 2.75) is 35.4 Å². The molecule has 1 aliphatic rings. The third-order valence-electron chi connectivity index (χ3n) is 5.34. The summed E-state index contributed by atoms with van der Waals surface area (Å²) >= 11 is 1.12. The molecular weight excluding hydrogens is 423 g/mol. The molecule has 156 valence electrons. The molecule has 8 heteroatoms. The molecule has 1 aliphatic carbocycles. The zero-order chi connectivity index (χ0) is 21.2. The average molecular weight is 445 g/mol. The van der Waals surface area contributed by atoms with E-state index in [4.69, 9.17) is 0 Å². The lowest BCUT2D eigenvalue weighted by molar-refractivity contribution is 0.0898. The molecule has 1 heterocycles. The van der Waals surface area contributed by atoms with Crippen LogP contribution in [0, 0.1) is 5.82 Å². The van der Waals surface area contributed by atoms with Crippen LogP contribution < -0.4 is 10.0 Å². The Hall–Kier alpha value is -2.71. The molecule has 0 saturated heterocycles. The zero-order valence-corrected chi connectivity index (χ0v) is 17.7. The average Bonchev–Trinajstić information content (AvgIpc) is 3.42. The van der Waals surface area contributed by atoms with E-state index < -0.39 is 15.6 Å². The molecule has 0 atom stereocenters. The van der Waals surface area contributed by atoms with E-state index in [1.165, 1.54) is 24.3 Å². The first kappa shape index (κ1) is 20.6. The first-order valence-corrected chi connectivity index (χ1v) is 12.0. The summed E-state index contributed by atoms with van der Waals surface area (Å²) in [6.45, 7) is 0. The van der Waals surface area contributed by atoms with Gasteiger partial charge >= 0.3 is 0 Å². The van der Waals surface area contributed by atoms with Crippen molar-refractivity contribution in [1.29, 1.82) is 0 Å². The summed E-state index contributed by atoms with van der Waals surface area (Å²) in [4.78, 5) is 13.0. The van der Waals surface area contributed by atoms with Gasteiger partial charge in [-0.3, -0.25) is 9.52 Å². The van der Waals surface area contributed by atoms with Crippen molar-refractivity contribution in [2.75, 3.05) is 4.72 Å². The second-order valence-corrected chi connectivity index (χ2v) is 10.2. The highest BCUT2D eigenvalue weighted by atomic mass is 32.2. The molecule has 0 bridgehead atoms. The quantitative estimate of drug-likeness (QED) is 0.569. The molecule has 0 radical (unpaired) electrons. The Morgan fingerprint density at radius 3 is 2.40 bits per heavy atom. The number of sulfonamides is 1. The van der Waals surface area contributed by atoms with Crippen LogP contribution in [0.2, 0.25) is 0 Å². The van der Waals surface area contributed by atoms with Crippen LogP contribution in [0.5, 0.6) is 0 Å². The summed E-state index contributed by atoms with van der Waals surface area (Å²) in [6.07, 6.45) is 3.49. The van der Waals surface area contributed by atoms with Gasteiger partial charge in [-0.1, -0.05) is 37.1 Å². The van der Waals surface area contributed by atoms with Crippen LogP contribution >= 0.6 is 11.3 Å². The van der Waals surface area contributed by atoms with Gasteiger partial charge < -0.3 is 5.32 Å². The van der Waals surface area contributed by atoms with Crippen molar-refractivity contribution in [3.05, 3.63) is 83.0 Å². The van der Waals surface area contributed by atoms with Crippen molar-refractivity contribution >= 4 is 33.0 Å². The topological polar surface area (TPSA) is 75.3 Å². The Morgan fingerprint density at radius 1 is 1.00 bits per heavy atom. The first-order valence-electron chi connectivity index (χ1n) is 9.63. The van der Waals surface area contributed by atoms with Gasteiger partial charge in [-0.15, -0.1) is 11.3 Å². The van der Waals surface area contributed by atoms with Gasteiger partial charge in [-0.2, -0.15) is 0 Å². The van der Waals surface area contributed by atoms with E-state index in [0.717, 1.165) is 42.6 Å². The highest BCUT2D eigenvalue weighted by Crippen LogP contribution is 2.39. The second-order valence-electron chi connectivity index (χ2n) is 7.37. The lowest BCUT2D eigenvalue weighted by Gasteiger charge is -2.31. The van der Waals surface area contributed by atoms with Gasteiger partial charge in [0.2, 0.25) is 0 Å². The van der Waals surface area contributed by atoms with E-state index in [0.29, 0.717) is 11.3 Å². The molecular formula is C22H21FN2O3S2. The first-order chi connectivity index (χ1) is 14.4. The van der Waals surface area contributed by atoms with Crippen molar-refractivity contribution in [3.63, 3.8) is 0 Å². The minimum atomic E-state index is -3.69. The predicted molar refractivity (Wildman–Crippen MR) is 116 cm³/mol. The third kappa shape index (κ3) is 4.24. The Balaban J connectivity index is 1.56. The van der Waals surface area contributed by atoms with Crippen LogP contribution in [0.3, 0.4) is 0 Å². The number of benzene rings is 2. The van der Waals surface area contributed by atoms with E-state index >= 15 is 0 Å². The van der Waals surface area contributed by atoms with E-state index in [9.17, 15) is 17.6 Å². The van der Waals surface area contributed by atoms with Crippen molar-refractivity contribution in [2.24, 2.45) is 0 Å². The molecule has 5 nitrogen and oxygen atoms in total. The van der Waals surface area contributed by atoms with Crippen LogP contribution in [0.25, 0.3) is 0 Å². The van der Waals surface area contributed by atoms with Crippen molar-refractivity contribution in [1.82, 2.24) is 5.32 Å². The minimum Gasteiger partial charge on any atom is -0.343 e. The summed E-state index contributed by atoms with van der Waals surface area (Å²) in [6, 6.07) is 15.8. The molecule has 0 aliphatic heterocycles. The minimum absolute atomic E-state index is 0.207. The van der Waals surface area contributed by atoms with E-state index in [2.05, 4.69) is 10.0 Å². The fourth-order valence-electron chi connectivity index (χ4n) is 3.87. The fourth-order valence-corrected chi connectivity index (χ4v) is 5.91. The van der Waals surface area contributed by atoms with Crippen LogP contribution in [0.1, 0.15) is 41.6 Å². The Kier molecular flexibility index (Phi) is 5.62. The van der Waals surface area contributed by atoms with Gasteiger partial charge in [0, 0.05) is 11.3 Å². The zero-order valence-electron chi connectivity index (χ0n) is 16.1. The largest absolute Gasteiger partial charge is 0.343 e. The molecule has 1 aromatic heterocycles. The maximum absolute atomic E-state index is 13.4. The molecule has 4 rings (SSSR count). The molecule has 30 heavy (non-hydrogen) atoms. The fraction of sp³-hybridized carbons (Fsp3) is 0.227. The number of hydrogen-bond donors (Lipinski definition) is 2. The molecule has 1 saturated carbocycles. The lowest BCUT2D eigenvalue weighted by atomic mass is 9.87. The lowest BCUT2D eigenvalue weighted by Crippen LogP contribution is -2.43. The highest BCUT2D eigenvalue weighted by Gasteiger charge is 2.37. The second kappa shape index (κ2) is 8.20. The van der Waals surface area contributed by atoms with E-state index in [1.54, 1.807) is 41.8 Å². The number of anilines is 1. The predicted octanol–water partition coefficient (Wildman–Crippen LogP) is 4.89. The summed E-state index contributed by atoms with van der Waals surface area (Å²) in [5.41, 5.74) is 1.01. The van der Waals surface area contributed by atoms with Crippen molar-refractivity contribution < 1.29 is 17.6 Å². The van der Waals surface area contributed by atoms with Gasteiger partial charge in [0.25, 0.3) is 15.9 Å². The number of thiophene rings is 1. The van der Waals surface area contributed by atoms with Crippen LogP contribution in [0.4, 0.5) is 10.1 Å². The Morgan fingerprint density at radius 2 is 1.73 bits per heavy atom.